The number of thiazole rings is 1. The summed E-state index contributed by atoms with van der Waals surface area (Å²) in [5.74, 6) is -0.261. The monoisotopic (exact) mass is 459 g/mol. The lowest BCUT2D eigenvalue weighted by Crippen LogP contribution is -2.55. The van der Waals surface area contributed by atoms with Gasteiger partial charge in [-0.3, -0.25) is 5.32 Å². The largest absolute Gasteiger partial charge is 0.394 e. The zero-order valence-electron chi connectivity index (χ0n) is 18.0. The van der Waals surface area contributed by atoms with Gasteiger partial charge in [0.2, 0.25) is 0 Å². The minimum atomic E-state index is -0.941. The molecule has 0 bridgehead atoms. The van der Waals surface area contributed by atoms with E-state index in [1.165, 1.54) is 23.6 Å². The lowest BCUT2D eigenvalue weighted by atomic mass is 10.1. The van der Waals surface area contributed by atoms with Crippen LogP contribution in [0.25, 0.3) is 10.2 Å². The molecular weight excluding hydrogens is 433 g/mol. The van der Waals surface area contributed by atoms with Crippen molar-refractivity contribution in [3.05, 3.63) is 47.4 Å². The Morgan fingerprint density at radius 1 is 1.41 bits per heavy atom. The fourth-order valence-corrected chi connectivity index (χ4v) is 4.84. The standard InChI is InChI=1S/C22H26FN5O3S/c1-13-4-3-5-18-19(13)25-21(32-18)26-22(31)28-7-6-27(11-14(28)2)20-17(23)9-15(10-24-20)8-16(30)12-29/h3-5,9-10,14,16,29-30H,6-8,11-12H2,1-2H3,(H,25,26,31). The van der Waals surface area contributed by atoms with Crippen molar-refractivity contribution in [2.24, 2.45) is 0 Å². The molecule has 10 heteroatoms. The molecule has 2 atom stereocenters. The number of carbonyl (C=O) groups excluding carboxylic acids is 1. The maximum Gasteiger partial charge on any atom is 0.324 e. The summed E-state index contributed by atoms with van der Waals surface area (Å²) < 4.78 is 15.7. The zero-order chi connectivity index (χ0) is 22.8. The molecule has 170 valence electrons. The van der Waals surface area contributed by atoms with Gasteiger partial charge in [0.1, 0.15) is 0 Å². The van der Waals surface area contributed by atoms with E-state index in [1.54, 1.807) is 4.90 Å². The van der Waals surface area contributed by atoms with Crippen LogP contribution in [-0.4, -0.2) is 69.5 Å². The Bertz CT molecular complexity index is 1120. The molecule has 4 rings (SSSR count). The first kappa shape index (κ1) is 22.4. The number of aromatic nitrogens is 2. The van der Waals surface area contributed by atoms with Gasteiger partial charge in [0.25, 0.3) is 0 Å². The number of pyridine rings is 1. The van der Waals surface area contributed by atoms with E-state index in [1.807, 2.05) is 36.9 Å². The number of carbonyl (C=O) groups is 1. The third-order valence-electron chi connectivity index (χ3n) is 5.58. The molecule has 0 radical (unpaired) electrons. The van der Waals surface area contributed by atoms with Gasteiger partial charge in [0.15, 0.2) is 16.8 Å². The van der Waals surface area contributed by atoms with Crippen molar-refractivity contribution >= 4 is 38.5 Å². The number of aliphatic hydroxyl groups excluding tert-OH is 2. The smallest absolute Gasteiger partial charge is 0.324 e. The molecule has 32 heavy (non-hydrogen) atoms. The van der Waals surface area contributed by atoms with Crippen molar-refractivity contribution in [1.82, 2.24) is 14.9 Å². The topological polar surface area (TPSA) is 102 Å². The number of anilines is 2. The molecule has 2 unspecified atom stereocenters. The number of rotatable bonds is 5. The second-order valence-electron chi connectivity index (χ2n) is 8.05. The Hall–Kier alpha value is -2.82. The van der Waals surface area contributed by atoms with Gasteiger partial charge in [-0.1, -0.05) is 23.5 Å². The third kappa shape index (κ3) is 4.67. The third-order valence-corrected chi connectivity index (χ3v) is 6.52. The molecule has 1 aliphatic heterocycles. The highest BCUT2D eigenvalue weighted by Gasteiger charge is 2.30. The van der Waals surface area contributed by atoms with E-state index in [4.69, 9.17) is 5.11 Å². The quantitative estimate of drug-likeness (QED) is 0.542. The number of benzene rings is 1. The molecule has 2 aromatic heterocycles. The van der Waals surface area contributed by atoms with Crippen LogP contribution < -0.4 is 10.2 Å². The van der Waals surface area contributed by atoms with Crippen LogP contribution in [0.15, 0.2) is 30.5 Å². The number of piperazine rings is 1. The molecule has 2 amide bonds. The number of para-hydroxylation sites is 1. The number of amides is 2. The van der Waals surface area contributed by atoms with Crippen molar-refractivity contribution in [1.29, 1.82) is 0 Å². The molecule has 8 nitrogen and oxygen atoms in total. The average molecular weight is 460 g/mol. The summed E-state index contributed by atoms with van der Waals surface area (Å²) in [7, 11) is 0. The van der Waals surface area contributed by atoms with Crippen LogP contribution in [0.5, 0.6) is 0 Å². The van der Waals surface area contributed by atoms with Crippen LogP contribution in [0.1, 0.15) is 18.1 Å². The zero-order valence-corrected chi connectivity index (χ0v) is 18.8. The van der Waals surface area contributed by atoms with Crippen LogP contribution in [0, 0.1) is 12.7 Å². The Morgan fingerprint density at radius 3 is 2.91 bits per heavy atom. The minimum Gasteiger partial charge on any atom is -0.394 e. The maximum atomic E-state index is 14.6. The highest BCUT2D eigenvalue weighted by atomic mass is 32.1. The molecule has 0 spiro atoms. The number of urea groups is 1. The molecule has 1 aromatic carbocycles. The van der Waals surface area contributed by atoms with Gasteiger partial charge in [-0.15, -0.1) is 0 Å². The first-order valence-electron chi connectivity index (χ1n) is 10.5. The Morgan fingerprint density at radius 2 is 2.22 bits per heavy atom. The van der Waals surface area contributed by atoms with E-state index < -0.39 is 11.9 Å². The number of aliphatic hydroxyl groups is 2. The highest BCUT2D eigenvalue weighted by Crippen LogP contribution is 2.28. The predicted molar refractivity (Wildman–Crippen MR) is 123 cm³/mol. The Balaban J connectivity index is 1.40. The summed E-state index contributed by atoms with van der Waals surface area (Å²) >= 11 is 1.44. The number of aryl methyl sites for hydroxylation is 1. The fourth-order valence-electron chi connectivity index (χ4n) is 3.91. The van der Waals surface area contributed by atoms with Crippen molar-refractivity contribution < 1.29 is 19.4 Å². The maximum absolute atomic E-state index is 14.6. The summed E-state index contributed by atoms with van der Waals surface area (Å²) in [6.45, 7) is 4.82. The number of nitrogens with one attached hydrogen (secondary N) is 1. The van der Waals surface area contributed by atoms with Crippen LogP contribution in [-0.2, 0) is 6.42 Å². The summed E-state index contributed by atoms with van der Waals surface area (Å²) in [6, 6.07) is 6.89. The number of halogens is 1. The van der Waals surface area contributed by atoms with E-state index in [2.05, 4.69) is 15.3 Å². The second-order valence-corrected chi connectivity index (χ2v) is 9.08. The van der Waals surface area contributed by atoms with Gasteiger partial charge in [-0.25, -0.2) is 19.2 Å². The summed E-state index contributed by atoms with van der Waals surface area (Å²) in [5, 5.41) is 21.9. The molecule has 1 aliphatic rings. The van der Waals surface area contributed by atoms with Gasteiger partial charge >= 0.3 is 6.03 Å². The summed E-state index contributed by atoms with van der Waals surface area (Å²) in [4.78, 5) is 25.2. The predicted octanol–water partition coefficient (Wildman–Crippen LogP) is 2.78. The molecule has 3 aromatic rings. The SMILES string of the molecule is Cc1cccc2sc(NC(=O)N3CCN(c4ncc(CC(O)CO)cc4F)CC3C)nc12. The van der Waals surface area contributed by atoms with E-state index in [9.17, 15) is 14.3 Å². The number of fused-ring (bicyclic) bond motifs is 1. The van der Waals surface area contributed by atoms with Crippen molar-refractivity contribution in [2.45, 2.75) is 32.4 Å². The average Bonchev–Trinajstić information content (AvgIpc) is 3.17. The van der Waals surface area contributed by atoms with E-state index in [0.29, 0.717) is 30.3 Å². The summed E-state index contributed by atoms with van der Waals surface area (Å²) in [5.41, 5.74) is 2.47. The highest BCUT2D eigenvalue weighted by molar-refractivity contribution is 7.22. The minimum absolute atomic E-state index is 0.135. The molecule has 0 aliphatic carbocycles. The first-order chi connectivity index (χ1) is 15.4. The van der Waals surface area contributed by atoms with Crippen LogP contribution in [0.2, 0.25) is 0 Å². The van der Waals surface area contributed by atoms with Crippen molar-refractivity contribution in [3.63, 3.8) is 0 Å². The molecule has 3 heterocycles. The van der Waals surface area contributed by atoms with Crippen LogP contribution in [0.4, 0.5) is 20.1 Å². The van der Waals surface area contributed by atoms with Gasteiger partial charge in [0, 0.05) is 38.3 Å². The molecular formula is C22H26FN5O3S. The van der Waals surface area contributed by atoms with E-state index in [0.717, 1.165) is 15.8 Å². The van der Waals surface area contributed by atoms with Crippen molar-refractivity contribution in [2.75, 3.05) is 36.5 Å². The molecule has 1 saturated heterocycles. The van der Waals surface area contributed by atoms with E-state index >= 15 is 0 Å². The first-order valence-corrected chi connectivity index (χ1v) is 11.3. The lowest BCUT2D eigenvalue weighted by Gasteiger charge is -2.40. The molecule has 0 saturated carbocycles. The summed E-state index contributed by atoms with van der Waals surface area (Å²) in [6.07, 6.45) is 0.704. The Labute approximate surface area is 189 Å². The number of nitrogens with zero attached hydrogens (tertiary/aromatic N) is 4. The second kappa shape index (κ2) is 9.35. The van der Waals surface area contributed by atoms with Crippen molar-refractivity contribution in [3.8, 4) is 0 Å². The lowest BCUT2D eigenvalue weighted by molar-refractivity contribution is 0.0954. The Kier molecular flexibility index (Phi) is 6.54. The van der Waals surface area contributed by atoms with E-state index in [-0.39, 0.29) is 30.9 Å². The number of hydrogen-bond acceptors (Lipinski definition) is 7. The molecule has 3 N–H and O–H groups in total. The molecule has 1 fully saturated rings. The van der Waals surface area contributed by atoms with Crippen LogP contribution >= 0.6 is 11.3 Å². The fraction of sp³-hybridized carbons (Fsp3) is 0.409. The van der Waals surface area contributed by atoms with Gasteiger partial charge < -0.3 is 20.0 Å². The number of hydrogen-bond donors (Lipinski definition) is 3. The normalized spacial score (nSPS) is 17.6. The van der Waals surface area contributed by atoms with Gasteiger partial charge in [-0.2, -0.15) is 0 Å². The van der Waals surface area contributed by atoms with Gasteiger partial charge in [0.05, 0.1) is 22.9 Å². The van der Waals surface area contributed by atoms with Crippen LogP contribution in [0.3, 0.4) is 0 Å². The van der Waals surface area contributed by atoms with Gasteiger partial charge in [-0.05, 0) is 37.1 Å².